The summed E-state index contributed by atoms with van der Waals surface area (Å²) in [6, 6.07) is 7.12. The lowest BCUT2D eigenvalue weighted by Crippen LogP contribution is -2.52. The number of nitrogens with one attached hydrogen (secondary N) is 1. The first-order valence-electron chi connectivity index (χ1n) is 8.53. The maximum atomic E-state index is 12.8. The first kappa shape index (κ1) is 15.2. The standard InChI is InChI=1S/C19H21NO4/c1-2-24-11-5-3-10(4-6-11)20-18(21)16-12-7-8-13(15-9-14(12)15)17(16)19(22)23/h3-8,12-17H,2,9H2,1H3,(H,20,21)(H,22,23)/p-1. The second-order valence-corrected chi connectivity index (χ2v) is 6.92. The van der Waals surface area contributed by atoms with E-state index in [1.807, 2.05) is 19.1 Å². The number of hydrogen-bond donors (Lipinski definition) is 1. The second-order valence-electron chi connectivity index (χ2n) is 6.92. The molecule has 126 valence electrons. The molecule has 2 fully saturated rings. The van der Waals surface area contributed by atoms with E-state index in [9.17, 15) is 14.7 Å². The number of allylic oxidation sites excluding steroid dienone is 2. The molecule has 1 aromatic rings. The third-order valence-corrected chi connectivity index (χ3v) is 5.66. The molecule has 1 N–H and O–H groups in total. The van der Waals surface area contributed by atoms with Crippen LogP contribution in [0.1, 0.15) is 13.3 Å². The zero-order chi connectivity index (χ0) is 16.8. The van der Waals surface area contributed by atoms with Crippen LogP contribution in [-0.4, -0.2) is 18.5 Å². The Morgan fingerprint density at radius 2 is 1.75 bits per heavy atom. The van der Waals surface area contributed by atoms with Crippen LogP contribution in [-0.2, 0) is 9.59 Å². The molecule has 1 aromatic carbocycles. The summed E-state index contributed by atoms with van der Waals surface area (Å²) in [5.41, 5.74) is 0.651. The van der Waals surface area contributed by atoms with E-state index >= 15 is 0 Å². The van der Waals surface area contributed by atoms with Gasteiger partial charge in [0.15, 0.2) is 0 Å². The van der Waals surface area contributed by atoms with E-state index in [1.54, 1.807) is 24.3 Å². The van der Waals surface area contributed by atoms with Gasteiger partial charge >= 0.3 is 0 Å². The van der Waals surface area contributed by atoms with Gasteiger partial charge in [0.05, 0.1) is 12.5 Å². The van der Waals surface area contributed by atoms with Crippen LogP contribution in [0.4, 0.5) is 5.69 Å². The highest BCUT2D eigenvalue weighted by atomic mass is 16.5. The Hall–Kier alpha value is -2.30. The van der Waals surface area contributed by atoms with E-state index in [0.717, 1.165) is 12.2 Å². The maximum absolute atomic E-state index is 12.8. The summed E-state index contributed by atoms with van der Waals surface area (Å²) in [6.45, 7) is 2.49. The van der Waals surface area contributed by atoms with Crippen molar-refractivity contribution in [1.29, 1.82) is 0 Å². The molecular weight excluding hydrogens is 306 g/mol. The van der Waals surface area contributed by atoms with Gasteiger partial charge in [-0.05, 0) is 61.3 Å². The van der Waals surface area contributed by atoms with Crippen molar-refractivity contribution in [1.82, 2.24) is 0 Å². The number of aliphatic carboxylic acids is 1. The van der Waals surface area contributed by atoms with E-state index in [4.69, 9.17) is 4.74 Å². The second kappa shape index (κ2) is 5.65. The fraction of sp³-hybridized carbons (Fsp3) is 0.474. The molecule has 24 heavy (non-hydrogen) atoms. The molecule has 6 atom stereocenters. The van der Waals surface area contributed by atoms with Gasteiger partial charge in [-0.15, -0.1) is 0 Å². The Morgan fingerprint density at radius 1 is 1.12 bits per heavy atom. The van der Waals surface area contributed by atoms with Crippen LogP contribution in [0.25, 0.3) is 0 Å². The molecule has 0 spiro atoms. The smallest absolute Gasteiger partial charge is 0.228 e. The van der Waals surface area contributed by atoms with Crippen LogP contribution in [0.3, 0.4) is 0 Å². The van der Waals surface area contributed by atoms with E-state index in [1.165, 1.54) is 0 Å². The van der Waals surface area contributed by atoms with Crippen LogP contribution in [0.5, 0.6) is 5.75 Å². The number of carbonyl (C=O) groups excluding carboxylic acids is 2. The molecule has 1 amide bonds. The van der Waals surface area contributed by atoms with Gasteiger partial charge in [-0.25, -0.2) is 0 Å². The molecule has 4 aliphatic carbocycles. The van der Waals surface area contributed by atoms with Gasteiger partial charge in [0, 0.05) is 17.6 Å². The summed E-state index contributed by atoms with van der Waals surface area (Å²) in [7, 11) is 0. The number of anilines is 1. The predicted octanol–water partition coefficient (Wildman–Crippen LogP) is 1.46. The minimum atomic E-state index is -1.11. The molecule has 5 rings (SSSR count). The number of benzene rings is 1. The molecule has 0 aliphatic heterocycles. The number of carbonyl (C=O) groups is 2. The normalized spacial score (nSPS) is 35.2. The summed E-state index contributed by atoms with van der Waals surface area (Å²) in [5.74, 6) is -0.990. The molecule has 4 aliphatic rings. The molecule has 6 unspecified atom stereocenters. The largest absolute Gasteiger partial charge is 0.550 e. The summed E-state index contributed by atoms with van der Waals surface area (Å²) in [5, 5.41) is 14.5. The lowest BCUT2D eigenvalue weighted by Gasteiger charge is -2.44. The summed E-state index contributed by atoms with van der Waals surface area (Å²) in [6.07, 6.45) is 5.06. The third-order valence-electron chi connectivity index (χ3n) is 5.66. The Balaban J connectivity index is 1.53. The van der Waals surface area contributed by atoms with Gasteiger partial charge in [-0.1, -0.05) is 12.2 Å². The lowest BCUT2D eigenvalue weighted by molar-refractivity contribution is -0.316. The highest BCUT2D eigenvalue weighted by Gasteiger charge is 2.61. The molecule has 0 heterocycles. The van der Waals surface area contributed by atoms with E-state index in [0.29, 0.717) is 24.1 Å². The van der Waals surface area contributed by atoms with Crippen molar-refractivity contribution >= 4 is 17.6 Å². The van der Waals surface area contributed by atoms with Crippen LogP contribution >= 0.6 is 0 Å². The van der Waals surface area contributed by atoms with E-state index in [2.05, 4.69) is 5.32 Å². The van der Waals surface area contributed by atoms with Crippen molar-refractivity contribution in [3.8, 4) is 5.75 Å². The van der Waals surface area contributed by atoms with Gasteiger partial charge < -0.3 is 20.0 Å². The SMILES string of the molecule is CCOc1ccc(NC(=O)C2C3C=CC(C4CC34)C2C(=O)[O-])cc1. The molecule has 5 heteroatoms. The Morgan fingerprint density at radius 3 is 2.33 bits per heavy atom. The number of rotatable bonds is 5. The molecular formula is C19H20NO4-. The first-order chi connectivity index (χ1) is 11.6. The summed E-state index contributed by atoms with van der Waals surface area (Å²) in [4.78, 5) is 24.4. The topological polar surface area (TPSA) is 78.5 Å². The van der Waals surface area contributed by atoms with Crippen LogP contribution in [0.2, 0.25) is 0 Å². The van der Waals surface area contributed by atoms with Crippen molar-refractivity contribution < 1.29 is 19.4 Å². The minimum absolute atomic E-state index is 0.0191. The number of ether oxygens (including phenoxy) is 1. The highest BCUT2D eigenvalue weighted by Crippen LogP contribution is 2.63. The zero-order valence-electron chi connectivity index (χ0n) is 13.5. The highest BCUT2D eigenvalue weighted by molar-refractivity contribution is 5.96. The maximum Gasteiger partial charge on any atom is 0.228 e. The number of carboxylic acid groups (broad SMARTS) is 1. The first-order valence-corrected chi connectivity index (χ1v) is 8.53. The fourth-order valence-corrected chi connectivity index (χ4v) is 4.58. The van der Waals surface area contributed by atoms with Crippen LogP contribution in [0.15, 0.2) is 36.4 Å². The fourth-order valence-electron chi connectivity index (χ4n) is 4.58. The molecule has 0 aromatic heterocycles. The Bertz CT molecular complexity index is 696. The summed E-state index contributed by atoms with van der Waals surface area (Å²) >= 11 is 0. The average Bonchev–Trinajstić information content (AvgIpc) is 3.38. The van der Waals surface area contributed by atoms with Gasteiger partial charge in [-0.2, -0.15) is 0 Å². The van der Waals surface area contributed by atoms with Gasteiger partial charge in [0.2, 0.25) is 5.91 Å². The minimum Gasteiger partial charge on any atom is -0.550 e. The number of hydrogen-bond acceptors (Lipinski definition) is 4. The van der Waals surface area contributed by atoms with E-state index < -0.39 is 17.8 Å². The zero-order valence-corrected chi connectivity index (χ0v) is 13.5. The lowest BCUT2D eigenvalue weighted by atomic mass is 9.62. The molecule has 5 nitrogen and oxygen atoms in total. The Labute approximate surface area is 140 Å². The Kier molecular flexibility index (Phi) is 3.59. The van der Waals surface area contributed by atoms with Gasteiger partial charge in [-0.3, -0.25) is 4.79 Å². The van der Waals surface area contributed by atoms with Crippen molar-refractivity contribution in [3.63, 3.8) is 0 Å². The van der Waals surface area contributed by atoms with Gasteiger partial charge in [0.1, 0.15) is 5.75 Å². The van der Waals surface area contributed by atoms with Crippen molar-refractivity contribution in [3.05, 3.63) is 36.4 Å². The van der Waals surface area contributed by atoms with Crippen molar-refractivity contribution in [2.24, 2.45) is 35.5 Å². The quantitative estimate of drug-likeness (QED) is 0.831. The van der Waals surface area contributed by atoms with Crippen LogP contribution in [0, 0.1) is 35.5 Å². The number of amides is 1. The molecule has 0 radical (unpaired) electrons. The molecule has 2 saturated carbocycles. The molecule has 0 saturated heterocycles. The summed E-state index contributed by atoms with van der Waals surface area (Å²) < 4.78 is 5.38. The van der Waals surface area contributed by atoms with E-state index in [-0.39, 0.29) is 17.7 Å². The van der Waals surface area contributed by atoms with Crippen molar-refractivity contribution in [2.75, 3.05) is 11.9 Å². The number of carboxylic acids is 1. The van der Waals surface area contributed by atoms with Crippen molar-refractivity contribution in [2.45, 2.75) is 13.3 Å². The monoisotopic (exact) mass is 326 g/mol. The van der Waals surface area contributed by atoms with Gasteiger partial charge in [0.25, 0.3) is 0 Å². The van der Waals surface area contributed by atoms with Crippen LogP contribution < -0.4 is 15.2 Å². The molecule has 2 bridgehead atoms. The average molecular weight is 326 g/mol. The third kappa shape index (κ3) is 2.39. The number of fused-ring (bicyclic) bond motifs is 1. The predicted molar refractivity (Wildman–Crippen MR) is 85.9 cm³/mol.